The second-order valence-electron chi connectivity index (χ2n) is 5.94. The smallest absolute Gasteiger partial charge is 0.337 e. The van der Waals surface area contributed by atoms with Crippen LogP contribution in [0, 0.1) is 0 Å². The summed E-state index contributed by atoms with van der Waals surface area (Å²) in [5.74, 6) is 0.265. The van der Waals surface area contributed by atoms with Gasteiger partial charge in [-0.25, -0.2) is 4.79 Å². The first-order valence-electron chi connectivity index (χ1n) is 8.89. The van der Waals surface area contributed by atoms with Crippen LogP contribution in [-0.2, 0) is 4.79 Å². The molecule has 3 rings (SSSR count). The van der Waals surface area contributed by atoms with Crippen LogP contribution in [0.1, 0.15) is 23.7 Å². The number of carbonyl (C=O) groups is 2. The number of hydrogen-bond acceptors (Lipinski definition) is 6. The Morgan fingerprint density at radius 1 is 1.04 bits per heavy atom. The van der Waals surface area contributed by atoms with Gasteiger partial charge in [0.15, 0.2) is 18.1 Å². The van der Waals surface area contributed by atoms with E-state index in [1.165, 1.54) is 12.1 Å². The van der Waals surface area contributed by atoms with Gasteiger partial charge in [0.05, 0.1) is 31.1 Å². The van der Waals surface area contributed by atoms with Gasteiger partial charge < -0.3 is 29.4 Å². The summed E-state index contributed by atoms with van der Waals surface area (Å²) in [5.41, 5.74) is 0.0377. The average Bonchev–Trinajstić information content (AvgIpc) is 2.92. The average molecular weight is 387 g/mol. The zero-order chi connectivity index (χ0) is 19.9. The fourth-order valence-corrected chi connectivity index (χ4v) is 2.62. The molecule has 0 fully saturated rings. The number of carboxylic acid groups (broad SMARTS) is 1. The molecule has 148 valence electrons. The molecule has 2 aromatic carbocycles. The normalized spacial score (nSPS) is 12.6. The third-order valence-electron chi connectivity index (χ3n) is 3.90. The quantitative estimate of drug-likeness (QED) is 0.753. The Morgan fingerprint density at radius 2 is 1.64 bits per heavy atom. The van der Waals surface area contributed by atoms with Gasteiger partial charge in [-0.3, -0.25) is 4.79 Å². The number of nitrogens with one attached hydrogen (secondary N) is 1. The molecule has 8 heteroatoms. The van der Waals surface area contributed by atoms with Gasteiger partial charge in [-0.05, 0) is 31.2 Å². The van der Waals surface area contributed by atoms with Crippen molar-refractivity contribution in [1.82, 2.24) is 0 Å². The highest BCUT2D eigenvalue weighted by atomic mass is 16.5. The summed E-state index contributed by atoms with van der Waals surface area (Å²) in [6, 6.07) is 9.67. The molecular formula is C20H21NO7. The Kier molecular flexibility index (Phi) is 6.21. The number of aromatic carboxylic acids is 1. The van der Waals surface area contributed by atoms with Crippen molar-refractivity contribution >= 4 is 17.6 Å². The third-order valence-corrected chi connectivity index (χ3v) is 3.90. The van der Waals surface area contributed by atoms with Crippen LogP contribution in [0.15, 0.2) is 36.4 Å². The summed E-state index contributed by atoms with van der Waals surface area (Å²) in [4.78, 5) is 23.8. The minimum Gasteiger partial charge on any atom is -0.494 e. The molecule has 0 bridgehead atoms. The fourth-order valence-electron chi connectivity index (χ4n) is 2.62. The van der Waals surface area contributed by atoms with E-state index < -0.39 is 11.9 Å². The monoisotopic (exact) mass is 387 g/mol. The van der Waals surface area contributed by atoms with Crippen LogP contribution in [-0.4, -0.2) is 43.4 Å². The number of carboxylic acids is 1. The number of fused-ring (bicyclic) bond motifs is 1. The zero-order valence-corrected chi connectivity index (χ0v) is 15.4. The molecule has 1 heterocycles. The van der Waals surface area contributed by atoms with Crippen molar-refractivity contribution in [1.29, 1.82) is 0 Å². The Morgan fingerprint density at radius 3 is 2.25 bits per heavy atom. The summed E-state index contributed by atoms with van der Waals surface area (Å²) in [7, 11) is 0. The second-order valence-corrected chi connectivity index (χ2v) is 5.94. The van der Waals surface area contributed by atoms with Gasteiger partial charge in [0.1, 0.15) is 11.5 Å². The maximum atomic E-state index is 12.2. The van der Waals surface area contributed by atoms with Crippen molar-refractivity contribution in [2.24, 2.45) is 0 Å². The predicted molar refractivity (Wildman–Crippen MR) is 101 cm³/mol. The van der Waals surface area contributed by atoms with E-state index in [2.05, 4.69) is 5.32 Å². The molecule has 0 atom stereocenters. The van der Waals surface area contributed by atoms with Crippen molar-refractivity contribution in [2.45, 2.75) is 13.3 Å². The van der Waals surface area contributed by atoms with Crippen molar-refractivity contribution in [3.8, 4) is 23.0 Å². The predicted octanol–water partition coefficient (Wildman–Crippen LogP) is 2.96. The molecule has 8 nitrogen and oxygen atoms in total. The van der Waals surface area contributed by atoms with Crippen LogP contribution >= 0.6 is 0 Å². The van der Waals surface area contributed by atoms with Crippen molar-refractivity contribution < 1.29 is 33.6 Å². The molecule has 2 N–H and O–H groups in total. The van der Waals surface area contributed by atoms with Gasteiger partial charge in [0.25, 0.3) is 5.91 Å². The lowest BCUT2D eigenvalue weighted by Crippen LogP contribution is -2.21. The van der Waals surface area contributed by atoms with Gasteiger partial charge in [-0.2, -0.15) is 0 Å². The highest BCUT2D eigenvalue weighted by Gasteiger charge is 2.20. The van der Waals surface area contributed by atoms with E-state index in [-0.39, 0.29) is 17.9 Å². The lowest BCUT2D eigenvalue weighted by molar-refractivity contribution is -0.118. The lowest BCUT2D eigenvalue weighted by Gasteiger charge is -2.14. The van der Waals surface area contributed by atoms with Crippen LogP contribution in [0.3, 0.4) is 0 Å². The maximum absolute atomic E-state index is 12.2. The SMILES string of the molecule is CCOc1ccc(OCC(=O)Nc2cc3c(cc2C(=O)O)OCCCO3)cc1. The fraction of sp³-hybridized carbons (Fsp3) is 0.300. The zero-order valence-electron chi connectivity index (χ0n) is 15.4. The van der Waals surface area contributed by atoms with Crippen LogP contribution in [0.4, 0.5) is 5.69 Å². The molecule has 0 saturated carbocycles. The first-order chi connectivity index (χ1) is 13.6. The number of ether oxygens (including phenoxy) is 4. The summed E-state index contributed by atoms with van der Waals surface area (Å²) in [6.45, 7) is 3.06. The highest BCUT2D eigenvalue weighted by molar-refractivity contribution is 6.01. The molecule has 1 amide bonds. The molecule has 28 heavy (non-hydrogen) atoms. The van der Waals surface area contributed by atoms with Crippen molar-refractivity contribution in [3.05, 3.63) is 42.0 Å². The molecule has 0 saturated heterocycles. The molecule has 2 aromatic rings. The molecule has 0 spiro atoms. The van der Waals surface area contributed by atoms with Crippen LogP contribution in [0.2, 0.25) is 0 Å². The van der Waals surface area contributed by atoms with Crippen molar-refractivity contribution in [2.75, 3.05) is 31.7 Å². The number of benzene rings is 2. The van der Waals surface area contributed by atoms with E-state index in [0.717, 1.165) is 0 Å². The second kappa shape index (κ2) is 8.98. The van der Waals surface area contributed by atoms with Gasteiger partial charge in [0.2, 0.25) is 0 Å². The number of anilines is 1. The first-order valence-corrected chi connectivity index (χ1v) is 8.89. The minimum atomic E-state index is -1.18. The Bertz CT molecular complexity index is 848. The summed E-state index contributed by atoms with van der Waals surface area (Å²) in [6.07, 6.45) is 0.689. The Hall–Kier alpha value is -3.42. The molecule has 0 radical (unpaired) electrons. The van der Waals surface area contributed by atoms with E-state index in [9.17, 15) is 14.7 Å². The number of amides is 1. The van der Waals surface area contributed by atoms with E-state index in [4.69, 9.17) is 18.9 Å². The summed E-state index contributed by atoms with van der Waals surface area (Å²) < 4.78 is 21.8. The van der Waals surface area contributed by atoms with Gasteiger partial charge >= 0.3 is 5.97 Å². The number of carbonyl (C=O) groups excluding carboxylic acids is 1. The highest BCUT2D eigenvalue weighted by Crippen LogP contribution is 2.35. The van der Waals surface area contributed by atoms with E-state index >= 15 is 0 Å². The topological polar surface area (TPSA) is 103 Å². The molecular weight excluding hydrogens is 366 g/mol. The van der Waals surface area contributed by atoms with E-state index in [1.54, 1.807) is 24.3 Å². The maximum Gasteiger partial charge on any atom is 0.337 e. The largest absolute Gasteiger partial charge is 0.494 e. The van der Waals surface area contributed by atoms with Crippen LogP contribution in [0.5, 0.6) is 23.0 Å². The van der Waals surface area contributed by atoms with Crippen molar-refractivity contribution in [3.63, 3.8) is 0 Å². The molecule has 0 aromatic heterocycles. The lowest BCUT2D eigenvalue weighted by atomic mass is 10.1. The Labute approximate surface area is 162 Å². The molecule has 1 aliphatic rings. The van der Waals surface area contributed by atoms with Gasteiger partial charge in [-0.15, -0.1) is 0 Å². The third kappa shape index (κ3) is 4.85. The first kappa shape index (κ1) is 19.3. The number of rotatable bonds is 7. The molecule has 0 unspecified atom stereocenters. The van der Waals surface area contributed by atoms with Crippen LogP contribution in [0.25, 0.3) is 0 Å². The minimum absolute atomic E-state index is 0.0846. The Balaban J connectivity index is 1.67. The van der Waals surface area contributed by atoms with E-state index in [1.807, 2.05) is 6.92 Å². The van der Waals surface area contributed by atoms with Gasteiger partial charge in [0, 0.05) is 18.6 Å². The van der Waals surface area contributed by atoms with Crippen LogP contribution < -0.4 is 24.3 Å². The molecule has 0 aliphatic carbocycles. The standard InChI is InChI=1S/C20H21NO7/c1-2-25-13-4-6-14(7-5-13)28-12-19(22)21-16-11-18-17(10-15(16)20(23)24)26-8-3-9-27-18/h4-7,10-11H,2-3,8-9,12H2,1H3,(H,21,22)(H,23,24). The number of hydrogen-bond donors (Lipinski definition) is 2. The van der Waals surface area contributed by atoms with Gasteiger partial charge in [-0.1, -0.05) is 0 Å². The molecule has 1 aliphatic heterocycles. The summed E-state index contributed by atoms with van der Waals surface area (Å²) >= 11 is 0. The van der Waals surface area contributed by atoms with E-state index in [0.29, 0.717) is 49.2 Å². The summed E-state index contributed by atoms with van der Waals surface area (Å²) in [5, 5.41) is 12.0.